The van der Waals surface area contributed by atoms with Gasteiger partial charge in [0.25, 0.3) is 21.8 Å². The number of anilines is 2. The van der Waals surface area contributed by atoms with E-state index in [-0.39, 0.29) is 23.1 Å². The van der Waals surface area contributed by atoms with Crippen LogP contribution in [0.2, 0.25) is 0 Å². The molecule has 0 unspecified atom stereocenters. The first-order valence-electron chi connectivity index (χ1n) is 12.7. The molecule has 4 rings (SSSR count). The minimum atomic E-state index is -4.72. The summed E-state index contributed by atoms with van der Waals surface area (Å²) in [7, 11) is -4.41. The molecule has 222 valence electrons. The van der Waals surface area contributed by atoms with Gasteiger partial charge >= 0.3 is 6.18 Å². The van der Waals surface area contributed by atoms with Crippen molar-refractivity contribution in [1.29, 1.82) is 0 Å². The molecule has 2 amide bonds. The molecule has 0 aliphatic rings. The molecule has 0 radical (unpaired) electrons. The van der Waals surface area contributed by atoms with Crippen LogP contribution in [-0.4, -0.2) is 39.6 Å². The second-order valence-electron chi connectivity index (χ2n) is 8.94. The zero-order valence-corrected chi connectivity index (χ0v) is 23.2. The number of halogens is 3. The number of amides is 2. The predicted molar refractivity (Wildman–Crippen MR) is 155 cm³/mol. The number of hydrazone groups is 1. The van der Waals surface area contributed by atoms with Crippen LogP contribution in [0.15, 0.2) is 119 Å². The quantitative estimate of drug-likeness (QED) is 0.182. The first kappa shape index (κ1) is 30.8. The third kappa shape index (κ3) is 8.66. The lowest BCUT2D eigenvalue weighted by Gasteiger charge is -2.24. The molecule has 9 nitrogen and oxygen atoms in total. The molecule has 0 aliphatic carbocycles. The Morgan fingerprint density at radius 2 is 1.49 bits per heavy atom. The van der Waals surface area contributed by atoms with Crippen molar-refractivity contribution in [3.63, 3.8) is 0 Å². The fourth-order valence-electron chi connectivity index (χ4n) is 3.73. The Balaban J connectivity index is 1.39. The average molecular weight is 611 g/mol. The van der Waals surface area contributed by atoms with Gasteiger partial charge in [0, 0.05) is 5.69 Å². The number of hydrogen-bond acceptors (Lipinski definition) is 6. The number of benzene rings is 4. The summed E-state index contributed by atoms with van der Waals surface area (Å²) < 4.78 is 72.7. The number of ether oxygens (including phenoxy) is 1. The maximum atomic E-state index is 13.3. The third-order valence-electron chi connectivity index (χ3n) is 5.79. The normalized spacial score (nSPS) is 11.6. The molecular formula is C30H25F3N4O5S. The van der Waals surface area contributed by atoms with Crippen LogP contribution in [0.4, 0.5) is 24.5 Å². The Kier molecular flexibility index (Phi) is 9.78. The third-order valence-corrected chi connectivity index (χ3v) is 7.58. The molecule has 0 spiro atoms. The molecule has 0 heterocycles. The zero-order chi connectivity index (χ0) is 30.9. The standard InChI is InChI=1S/C30H25F3N4O5S/c31-30(32,33)23-8-7-11-25(18-23)37(43(40,41)27-12-5-2-6-13-27)20-28(38)36-34-19-22-14-16-26(17-15-22)42-21-29(39)35-24-9-3-1-4-10-24/h1-19H,20-21H2,(H,35,39)(H,36,38)/b34-19-. The highest BCUT2D eigenvalue weighted by molar-refractivity contribution is 7.92. The van der Waals surface area contributed by atoms with Gasteiger partial charge in [-0.25, -0.2) is 13.8 Å². The second-order valence-corrected chi connectivity index (χ2v) is 10.8. The van der Waals surface area contributed by atoms with E-state index in [2.05, 4.69) is 15.8 Å². The van der Waals surface area contributed by atoms with E-state index in [1.165, 1.54) is 36.5 Å². The van der Waals surface area contributed by atoms with E-state index < -0.39 is 34.2 Å². The number of nitrogens with one attached hydrogen (secondary N) is 2. The van der Waals surface area contributed by atoms with Gasteiger partial charge in [0.2, 0.25) is 0 Å². The molecule has 0 atom stereocenters. The van der Waals surface area contributed by atoms with Gasteiger partial charge in [-0.2, -0.15) is 18.3 Å². The highest BCUT2D eigenvalue weighted by Gasteiger charge is 2.33. The van der Waals surface area contributed by atoms with Crippen LogP contribution in [0.3, 0.4) is 0 Å². The summed E-state index contributed by atoms with van der Waals surface area (Å²) in [6.07, 6.45) is -3.44. The van der Waals surface area contributed by atoms with Gasteiger partial charge < -0.3 is 10.1 Å². The molecule has 4 aromatic carbocycles. The Morgan fingerprint density at radius 1 is 0.837 bits per heavy atom. The minimum absolute atomic E-state index is 0.205. The highest BCUT2D eigenvalue weighted by atomic mass is 32.2. The summed E-state index contributed by atoms with van der Waals surface area (Å²) >= 11 is 0. The summed E-state index contributed by atoms with van der Waals surface area (Å²) in [5.41, 5.74) is 1.96. The van der Waals surface area contributed by atoms with Crippen molar-refractivity contribution >= 4 is 39.4 Å². The minimum Gasteiger partial charge on any atom is -0.484 e. The first-order chi connectivity index (χ1) is 20.5. The van der Waals surface area contributed by atoms with Crippen molar-refractivity contribution in [2.45, 2.75) is 11.1 Å². The van der Waals surface area contributed by atoms with Crippen LogP contribution in [0.5, 0.6) is 5.75 Å². The first-order valence-corrected chi connectivity index (χ1v) is 14.1. The Morgan fingerprint density at radius 3 is 2.14 bits per heavy atom. The largest absolute Gasteiger partial charge is 0.484 e. The molecular weight excluding hydrogens is 585 g/mol. The van der Waals surface area contributed by atoms with Crippen LogP contribution in [0.1, 0.15) is 11.1 Å². The fourth-order valence-corrected chi connectivity index (χ4v) is 5.17. The molecule has 13 heteroatoms. The number of nitrogens with zero attached hydrogens (tertiary/aromatic N) is 2. The summed E-state index contributed by atoms with van der Waals surface area (Å²) in [4.78, 5) is 24.5. The van der Waals surface area contributed by atoms with Crippen LogP contribution in [0.25, 0.3) is 0 Å². The molecule has 0 bridgehead atoms. The monoisotopic (exact) mass is 610 g/mol. The van der Waals surface area contributed by atoms with Crippen molar-refractivity contribution in [3.05, 3.63) is 120 Å². The lowest BCUT2D eigenvalue weighted by molar-refractivity contribution is -0.137. The number of sulfonamides is 1. The van der Waals surface area contributed by atoms with E-state index >= 15 is 0 Å². The molecule has 0 aromatic heterocycles. The lowest BCUT2D eigenvalue weighted by Crippen LogP contribution is -2.39. The molecule has 43 heavy (non-hydrogen) atoms. The predicted octanol–water partition coefficient (Wildman–Crippen LogP) is 5.07. The summed E-state index contributed by atoms with van der Waals surface area (Å²) in [6.45, 7) is -1.06. The van der Waals surface area contributed by atoms with Gasteiger partial charge in [0.15, 0.2) is 6.61 Å². The molecule has 2 N–H and O–H groups in total. The van der Waals surface area contributed by atoms with E-state index in [0.29, 0.717) is 27.4 Å². The Labute approximate surface area is 245 Å². The topological polar surface area (TPSA) is 117 Å². The summed E-state index contributed by atoms with van der Waals surface area (Å²) in [5.74, 6) is -0.821. The van der Waals surface area contributed by atoms with Gasteiger partial charge in [-0.3, -0.25) is 13.9 Å². The fraction of sp³-hybridized carbons (Fsp3) is 0.100. The van der Waals surface area contributed by atoms with E-state index in [9.17, 15) is 31.2 Å². The number of carbonyl (C=O) groups excluding carboxylic acids is 2. The Bertz CT molecular complexity index is 1680. The van der Waals surface area contributed by atoms with Crippen molar-refractivity contribution in [2.24, 2.45) is 5.10 Å². The SMILES string of the molecule is O=C(CN(c1cccc(C(F)(F)F)c1)S(=O)(=O)c1ccccc1)N/N=C\c1ccc(OCC(=O)Nc2ccccc2)cc1. The van der Waals surface area contributed by atoms with Crippen molar-refractivity contribution in [1.82, 2.24) is 5.43 Å². The number of hydrogen-bond donors (Lipinski definition) is 2. The molecule has 0 saturated heterocycles. The molecule has 4 aromatic rings. The van der Waals surface area contributed by atoms with Gasteiger partial charge in [-0.15, -0.1) is 0 Å². The van der Waals surface area contributed by atoms with Crippen LogP contribution < -0.4 is 19.8 Å². The van der Waals surface area contributed by atoms with Gasteiger partial charge in [0.05, 0.1) is 22.4 Å². The van der Waals surface area contributed by atoms with Gasteiger partial charge in [0.1, 0.15) is 12.3 Å². The van der Waals surface area contributed by atoms with Crippen LogP contribution in [0, 0.1) is 0 Å². The van der Waals surface area contributed by atoms with Crippen molar-refractivity contribution in [3.8, 4) is 5.75 Å². The van der Waals surface area contributed by atoms with Crippen LogP contribution in [-0.2, 0) is 25.8 Å². The lowest BCUT2D eigenvalue weighted by atomic mass is 10.2. The number of rotatable bonds is 11. The molecule has 0 aliphatic heterocycles. The van der Waals surface area contributed by atoms with Crippen LogP contribution >= 0.6 is 0 Å². The van der Waals surface area contributed by atoms with E-state index in [0.717, 1.165) is 12.1 Å². The number of para-hydroxylation sites is 1. The number of alkyl halides is 3. The van der Waals surface area contributed by atoms with Gasteiger partial charge in [-0.05, 0) is 72.3 Å². The van der Waals surface area contributed by atoms with E-state index in [1.54, 1.807) is 54.6 Å². The molecule has 0 saturated carbocycles. The van der Waals surface area contributed by atoms with Gasteiger partial charge in [-0.1, -0.05) is 42.5 Å². The average Bonchev–Trinajstić information content (AvgIpc) is 3.00. The highest BCUT2D eigenvalue weighted by Crippen LogP contribution is 2.33. The summed E-state index contributed by atoms with van der Waals surface area (Å²) in [5, 5.41) is 6.52. The molecule has 0 fully saturated rings. The maximum Gasteiger partial charge on any atom is 0.416 e. The zero-order valence-electron chi connectivity index (χ0n) is 22.4. The Hall–Kier alpha value is -5.17. The summed E-state index contributed by atoms with van der Waals surface area (Å²) in [6, 6.07) is 26.0. The van der Waals surface area contributed by atoms with E-state index in [1.807, 2.05) is 6.07 Å². The van der Waals surface area contributed by atoms with Crippen molar-refractivity contribution in [2.75, 3.05) is 22.8 Å². The second kappa shape index (κ2) is 13.7. The van der Waals surface area contributed by atoms with E-state index in [4.69, 9.17) is 4.74 Å². The smallest absolute Gasteiger partial charge is 0.416 e. The maximum absolute atomic E-state index is 13.3. The number of carbonyl (C=O) groups is 2. The van der Waals surface area contributed by atoms with Crippen molar-refractivity contribution < 1.29 is 35.9 Å².